The first-order chi connectivity index (χ1) is 7.72. The van der Waals surface area contributed by atoms with Gasteiger partial charge in [-0.25, -0.2) is 9.78 Å². The number of nitrogens with zero attached hydrogens (tertiary/aromatic N) is 1. The van der Waals surface area contributed by atoms with Crippen LogP contribution in [0, 0.1) is 6.92 Å². The zero-order valence-electron chi connectivity index (χ0n) is 9.53. The first kappa shape index (κ1) is 11.5. The summed E-state index contributed by atoms with van der Waals surface area (Å²) < 4.78 is 5.09. The van der Waals surface area contributed by atoms with Crippen molar-refractivity contribution in [1.82, 2.24) is 10.3 Å². The maximum atomic E-state index is 11.9. The molecule has 0 bridgehead atoms. The molecule has 0 saturated heterocycles. The Bertz CT molecular complexity index is 374. The third-order valence-electron chi connectivity index (χ3n) is 2.55. The van der Waals surface area contributed by atoms with E-state index in [0.29, 0.717) is 12.6 Å². The lowest BCUT2D eigenvalue weighted by Crippen LogP contribution is -2.31. The van der Waals surface area contributed by atoms with Gasteiger partial charge in [-0.1, -0.05) is 0 Å². The van der Waals surface area contributed by atoms with Gasteiger partial charge in [0.05, 0.1) is 22.7 Å². The Balaban J connectivity index is 2.12. The van der Waals surface area contributed by atoms with Crippen LogP contribution in [0.2, 0.25) is 0 Å². The Morgan fingerprint density at radius 3 is 3.00 bits per heavy atom. The van der Waals surface area contributed by atoms with Crippen LogP contribution in [0.4, 0.5) is 0 Å². The van der Waals surface area contributed by atoms with Crippen LogP contribution < -0.4 is 5.32 Å². The molecule has 1 atom stereocenters. The first-order valence-corrected chi connectivity index (χ1v) is 6.43. The van der Waals surface area contributed by atoms with Crippen LogP contribution in [0.3, 0.4) is 0 Å². The predicted molar refractivity (Wildman–Crippen MR) is 62.4 cm³/mol. The first-order valence-electron chi connectivity index (χ1n) is 5.55. The number of hydrogen-bond acceptors (Lipinski definition) is 5. The molecule has 16 heavy (non-hydrogen) atoms. The number of nitrogens with one attached hydrogen (secondary N) is 1. The molecule has 0 aliphatic heterocycles. The van der Waals surface area contributed by atoms with Crippen LogP contribution in [0.1, 0.15) is 36.4 Å². The Hall–Kier alpha value is -0.940. The van der Waals surface area contributed by atoms with Gasteiger partial charge < -0.3 is 4.74 Å². The van der Waals surface area contributed by atoms with Gasteiger partial charge in [0.2, 0.25) is 0 Å². The van der Waals surface area contributed by atoms with Crippen molar-refractivity contribution in [2.24, 2.45) is 0 Å². The SMILES string of the molecule is CCOC(=O)C(NC1CC1)c1scnc1C. The standard InChI is InChI=1S/C11H16N2O2S/c1-3-15-11(14)9(13-8-4-5-8)10-7(2)12-6-16-10/h6,8-9,13H,3-5H2,1-2H3. The number of ether oxygens (including phenoxy) is 1. The molecule has 0 spiro atoms. The van der Waals surface area contributed by atoms with Crippen molar-refractivity contribution >= 4 is 17.3 Å². The van der Waals surface area contributed by atoms with Crippen molar-refractivity contribution in [1.29, 1.82) is 0 Å². The number of aryl methyl sites for hydroxylation is 1. The summed E-state index contributed by atoms with van der Waals surface area (Å²) in [6, 6.07) is 0.135. The Morgan fingerprint density at radius 2 is 2.50 bits per heavy atom. The van der Waals surface area contributed by atoms with E-state index < -0.39 is 0 Å². The smallest absolute Gasteiger partial charge is 0.328 e. The zero-order chi connectivity index (χ0) is 11.5. The summed E-state index contributed by atoms with van der Waals surface area (Å²) in [7, 11) is 0. The molecule has 1 heterocycles. The lowest BCUT2D eigenvalue weighted by molar-refractivity contribution is -0.145. The summed E-state index contributed by atoms with van der Waals surface area (Å²) in [6.45, 7) is 4.16. The Kier molecular flexibility index (Phi) is 3.56. The van der Waals surface area contributed by atoms with Crippen molar-refractivity contribution in [2.45, 2.75) is 38.8 Å². The molecule has 2 rings (SSSR count). The van der Waals surface area contributed by atoms with Gasteiger partial charge in [0, 0.05) is 6.04 Å². The largest absolute Gasteiger partial charge is 0.465 e. The Labute approximate surface area is 99.0 Å². The molecule has 1 aliphatic rings. The zero-order valence-corrected chi connectivity index (χ0v) is 10.3. The highest BCUT2D eigenvalue weighted by Gasteiger charge is 2.32. The van der Waals surface area contributed by atoms with Crippen molar-refractivity contribution < 1.29 is 9.53 Å². The predicted octanol–water partition coefficient (Wildman–Crippen LogP) is 1.81. The van der Waals surface area contributed by atoms with E-state index in [2.05, 4.69) is 10.3 Å². The highest BCUT2D eigenvalue weighted by Crippen LogP contribution is 2.28. The minimum absolute atomic E-state index is 0.193. The van der Waals surface area contributed by atoms with Gasteiger partial charge >= 0.3 is 5.97 Å². The maximum Gasteiger partial charge on any atom is 0.328 e. The Morgan fingerprint density at radius 1 is 1.75 bits per heavy atom. The number of hydrogen-bond donors (Lipinski definition) is 1. The molecule has 1 aromatic heterocycles. The van der Waals surface area contributed by atoms with Crippen molar-refractivity contribution in [3.05, 3.63) is 16.1 Å². The number of esters is 1. The van der Waals surface area contributed by atoms with Crippen LogP contribution in [0.25, 0.3) is 0 Å². The minimum Gasteiger partial charge on any atom is -0.465 e. The van der Waals surface area contributed by atoms with Crippen LogP contribution >= 0.6 is 11.3 Å². The monoisotopic (exact) mass is 240 g/mol. The molecule has 0 radical (unpaired) electrons. The molecule has 4 nitrogen and oxygen atoms in total. The van der Waals surface area contributed by atoms with Gasteiger partial charge in [-0.05, 0) is 26.7 Å². The number of aromatic nitrogens is 1. The lowest BCUT2D eigenvalue weighted by Gasteiger charge is -2.15. The molecule has 1 N–H and O–H groups in total. The minimum atomic E-state index is -0.333. The molecule has 1 fully saturated rings. The summed E-state index contributed by atoms with van der Waals surface area (Å²) in [4.78, 5) is 17.0. The number of carbonyl (C=O) groups is 1. The quantitative estimate of drug-likeness (QED) is 0.797. The van der Waals surface area contributed by atoms with Crippen molar-refractivity contribution in [3.63, 3.8) is 0 Å². The normalized spacial score (nSPS) is 17.1. The topological polar surface area (TPSA) is 51.2 Å². The molecular formula is C11H16N2O2S. The molecule has 1 aliphatic carbocycles. The van der Waals surface area contributed by atoms with E-state index >= 15 is 0 Å². The molecule has 5 heteroatoms. The van der Waals surface area contributed by atoms with E-state index in [-0.39, 0.29) is 12.0 Å². The average molecular weight is 240 g/mol. The molecule has 1 unspecified atom stereocenters. The van der Waals surface area contributed by atoms with Crippen LogP contribution in [0.15, 0.2) is 5.51 Å². The van der Waals surface area contributed by atoms with E-state index in [4.69, 9.17) is 4.74 Å². The fourth-order valence-electron chi connectivity index (χ4n) is 1.55. The fraction of sp³-hybridized carbons (Fsp3) is 0.636. The van der Waals surface area contributed by atoms with Crippen LogP contribution in [-0.2, 0) is 9.53 Å². The van der Waals surface area contributed by atoms with Crippen molar-refractivity contribution in [2.75, 3.05) is 6.61 Å². The van der Waals surface area contributed by atoms with E-state index in [0.717, 1.165) is 23.4 Å². The van der Waals surface area contributed by atoms with E-state index in [1.807, 2.05) is 13.8 Å². The highest BCUT2D eigenvalue weighted by atomic mass is 32.1. The second kappa shape index (κ2) is 4.93. The van der Waals surface area contributed by atoms with Gasteiger partial charge in [-0.2, -0.15) is 0 Å². The maximum absolute atomic E-state index is 11.9. The van der Waals surface area contributed by atoms with Gasteiger partial charge in [-0.15, -0.1) is 11.3 Å². The summed E-state index contributed by atoms with van der Waals surface area (Å²) in [5, 5.41) is 3.31. The third-order valence-corrected chi connectivity index (χ3v) is 3.54. The number of thiazole rings is 1. The summed E-state index contributed by atoms with van der Waals surface area (Å²) in [5.74, 6) is -0.193. The van der Waals surface area contributed by atoms with Crippen LogP contribution in [-0.4, -0.2) is 23.6 Å². The summed E-state index contributed by atoms with van der Waals surface area (Å²) >= 11 is 1.51. The van der Waals surface area contributed by atoms with Crippen molar-refractivity contribution in [3.8, 4) is 0 Å². The number of rotatable bonds is 5. The molecular weight excluding hydrogens is 224 g/mol. The average Bonchev–Trinajstić information content (AvgIpc) is 2.98. The molecule has 1 saturated carbocycles. The van der Waals surface area contributed by atoms with E-state index in [1.54, 1.807) is 5.51 Å². The molecule has 1 aromatic rings. The van der Waals surface area contributed by atoms with Crippen LogP contribution in [0.5, 0.6) is 0 Å². The fourth-order valence-corrected chi connectivity index (χ4v) is 2.40. The molecule has 0 aromatic carbocycles. The third kappa shape index (κ3) is 2.59. The second-order valence-electron chi connectivity index (χ2n) is 3.93. The molecule has 88 valence electrons. The van der Waals surface area contributed by atoms with Gasteiger partial charge in [0.1, 0.15) is 6.04 Å². The highest BCUT2D eigenvalue weighted by molar-refractivity contribution is 7.10. The van der Waals surface area contributed by atoms with Gasteiger partial charge in [0.25, 0.3) is 0 Å². The lowest BCUT2D eigenvalue weighted by atomic mass is 10.2. The number of carbonyl (C=O) groups excluding carboxylic acids is 1. The van der Waals surface area contributed by atoms with Gasteiger partial charge in [0.15, 0.2) is 0 Å². The summed E-state index contributed by atoms with van der Waals surface area (Å²) in [5.41, 5.74) is 2.68. The second-order valence-corrected chi connectivity index (χ2v) is 4.81. The van der Waals surface area contributed by atoms with Gasteiger partial charge in [-0.3, -0.25) is 5.32 Å². The molecule has 0 amide bonds. The summed E-state index contributed by atoms with van der Waals surface area (Å²) in [6.07, 6.45) is 2.29. The van der Waals surface area contributed by atoms with E-state index in [1.165, 1.54) is 11.3 Å². The van der Waals surface area contributed by atoms with E-state index in [9.17, 15) is 4.79 Å².